The van der Waals surface area contributed by atoms with Gasteiger partial charge in [0.2, 0.25) is 0 Å². The molecule has 0 aliphatic carbocycles. The number of carboxylic acids is 1. The molecule has 1 rings (SSSR count). The maximum Gasteiger partial charge on any atom is 0.338 e. The lowest BCUT2D eigenvalue weighted by Gasteiger charge is -2.17. The number of hydrogen-bond donors (Lipinski definition) is 3. The molecule has 1 unspecified atom stereocenters. The normalized spacial score (nSPS) is 12.1. The largest absolute Gasteiger partial charge is 0.478 e. The molecule has 0 saturated heterocycles. The lowest BCUT2D eigenvalue weighted by molar-refractivity contribution is 0.0697. The predicted octanol–water partition coefficient (Wildman–Crippen LogP) is 3.25. The van der Waals surface area contributed by atoms with Crippen molar-refractivity contribution in [3.05, 3.63) is 29.3 Å². The Kier molecular flexibility index (Phi) is 5.55. The van der Waals surface area contributed by atoms with Gasteiger partial charge in [0.05, 0.1) is 11.3 Å². The Morgan fingerprint density at radius 3 is 2.45 bits per heavy atom. The molecular formula is C15H22N2O3. The zero-order valence-electron chi connectivity index (χ0n) is 12.4. The third kappa shape index (κ3) is 4.57. The van der Waals surface area contributed by atoms with E-state index in [2.05, 4.69) is 24.5 Å². The summed E-state index contributed by atoms with van der Waals surface area (Å²) in [5.41, 5.74) is 1.05. The maximum absolute atomic E-state index is 11.9. The summed E-state index contributed by atoms with van der Waals surface area (Å²) < 4.78 is 0. The van der Waals surface area contributed by atoms with Gasteiger partial charge in [-0.15, -0.1) is 0 Å². The molecule has 1 aromatic carbocycles. The molecule has 0 radical (unpaired) electrons. The number of carbonyl (C=O) groups is 2. The molecule has 0 spiro atoms. The summed E-state index contributed by atoms with van der Waals surface area (Å²) in [7, 11) is 0. The van der Waals surface area contributed by atoms with E-state index in [-0.39, 0.29) is 17.6 Å². The molecule has 0 saturated carbocycles. The maximum atomic E-state index is 11.9. The number of nitrogens with one attached hydrogen (secondary N) is 2. The molecule has 0 aliphatic heterocycles. The van der Waals surface area contributed by atoms with E-state index >= 15 is 0 Å². The second-order valence-corrected chi connectivity index (χ2v) is 5.43. The lowest BCUT2D eigenvalue weighted by Crippen LogP contribution is -2.37. The summed E-state index contributed by atoms with van der Waals surface area (Å²) in [6.45, 7) is 7.79. The molecular weight excluding hydrogens is 256 g/mol. The molecule has 110 valence electrons. The van der Waals surface area contributed by atoms with Gasteiger partial charge in [0, 0.05) is 6.04 Å². The van der Waals surface area contributed by atoms with Gasteiger partial charge in [-0.3, -0.25) is 0 Å². The average Bonchev–Trinajstić information content (AvgIpc) is 2.26. The van der Waals surface area contributed by atoms with Crippen LogP contribution in [0.5, 0.6) is 0 Å². The number of aromatic carboxylic acids is 1. The van der Waals surface area contributed by atoms with Crippen LogP contribution in [-0.4, -0.2) is 23.1 Å². The smallest absolute Gasteiger partial charge is 0.338 e. The Bertz CT molecular complexity index is 498. The summed E-state index contributed by atoms with van der Waals surface area (Å²) in [6, 6.07) is 4.66. The quantitative estimate of drug-likeness (QED) is 0.773. The van der Waals surface area contributed by atoms with Crippen molar-refractivity contribution in [1.29, 1.82) is 0 Å². The first-order valence-corrected chi connectivity index (χ1v) is 6.71. The molecule has 0 aromatic heterocycles. The SMILES string of the molecule is Cc1cccc(NC(=O)NC(C)CC(C)C)c1C(=O)O. The second-order valence-electron chi connectivity index (χ2n) is 5.43. The van der Waals surface area contributed by atoms with Gasteiger partial charge in [-0.2, -0.15) is 0 Å². The minimum atomic E-state index is -1.05. The number of carbonyl (C=O) groups excluding carboxylic acids is 1. The van der Waals surface area contributed by atoms with Crippen molar-refractivity contribution in [1.82, 2.24) is 5.32 Å². The van der Waals surface area contributed by atoms with Gasteiger partial charge in [-0.05, 0) is 37.8 Å². The van der Waals surface area contributed by atoms with E-state index in [0.29, 0.717) is 17.2 Å². The number of anilines is 1. The van der Waals surface area contributed by atoms with Crippen LogP contribution in [0, 0.1) is 12.8 Å². The van der Waals surface area contributed by atoms with Crippen molar-refractivity contribution >= 4 is 17.7 Å². The average molecular weight is 278 g/mol. The van der Waals surface area contributed by atoms with Crippen LogP contribution in [0.25, 0.3) is 0 Å². The van der Waals surface area contributed by atoms with Crippen LogP contribution >= 0.6 is 0 Å². The number of urea groups is 1. The van der Waals surface area contributed by atoms with Crippen molar-refractivity contribution < 1.29 is 14.7 Å². The number of hydrogen-bond acceptors (Lipinski definition) is 2. The Morgan fingerprint density at radius 1 is 1.25 bits per heavy atom. The van der Waals surface area contributed by atoms with E-state index in [1.807, 2.05) is 6.92 Å². The van der Waals surface area contributed by atoms with Crippen molar-refractivity contribution in [3.8, 4) is 0 Å². The van der Waals surface area contributed by atoms with Crippen LogP contribution in [0.1, 0.15) is 43.1 Å². The highest BCUT2D eigenvalue weighted by Gasteiger charge is 2.15. The molecule has 20 heavy (non-hydrogen) atoms. The fourth-order valence-electron chi connectivity index (χ4n) is 2.20. The Labute approximate surface area is 119 Å². The molecule has 1 aromatic rings. The highest BCUT2D eigenvalue weighted by Crippen LogP contribution is 2.19. The first-order chi connectivity index (χ1) is 9.31. The van der Waals surface area contributed by atoms with Crippen LogP contribution in [-0.2, 0) is 0 Å². The third-order valence-corrected chi connectivity index (χ3v) is 2.94. The number of carboxylic acid groups (broad SMARTS) is 1. The summed E-state index contributed by atoms with van der Waals surface area (Å²) >= 11 is 0. The van der Waals surface area contributed by atoms with Crippen LogP contribution in [0.15, 0.2) is 18.2 Å². The molecule has 0 aliphatic rings. The molecule has 0 fully saturated rings. The lowest BCUT2D eigenvalue weighted by atomic mass is 10.1. The monoisotopic (exact) mass is 278 g/mol. The molecule has 5 nitrogen and oxygen atoms in total. The molecule has 0 bridgehead atoms. The van der Waals surface area contributed by atoms with Gasteiger partial charge >= 0.3 is 12.0 Å². The van der Waals surface area contributed by atoms with E-state index in [1.165, 1.54) is 0 Å². The minimum Gasteiger partial charge on any atom is -0.478 e. The molecule has 5 heteroatoms. The van der Waals surface area contributed by atoms with Crippen molar-refractivity contribution in [3.63, 3.8) is 0 Å². The van der Waals surface area contributed by atoms with Crippen LogP contribution in [0.2, 0.25) is 0 Å². The first-order valence-electron chi connectivity index (χ1n) is 6.71. The summed E-state index contributed by atoms with van der Waals surface area (Å²) in [5, 5.41) is 14.6. The van der Waals surface area contributed by atoms with Crippen LogP contribution in [0.4, 0.5) is 10.5 Å². The fourth-order valence-corrected chi connectivity index (χ4v) is 2.20. The first kappa shape index (κ1) is 16.0. The van der Waals surface area contributed by atoms with E-state index in [1.54, 1.807) is 25.1 Å². The minimum absolute atomic E-state index is 0.0353. The number of aryl methyl sites for hydroxylation is 1. The standard InChI is InChI=1S/C15H22N2O3/c1-9(2)8-11(4)16-15(20)17-12-7-5-6-10(3)13(12)14(18)19/h5-7,9,11H,8H2,1-4H3,(H,18,19)(H2,16,17,20). The third-order valence-electron chi connectivity index (χ3n) is 2.94. The Hall–Kier alpha value is -2.04. The second kappa shape index (κ2) is 6.93. The molecule has 0 heterocycles. The highest BCUT2D eigenvalue weighted by atomic mass is 16.4. The number of rotatable bonds is 5. The number of amides is 2. The highest BCUT2D eigenvalue weighted by molar-refractivity contribution is 6.01. The summed E-state index contributed by atoms with van der Waals surface area (Å²) in [6.07, 6.45) is 0.868. The van der Waals surface area contributed by atoms with Gasteiger partial charge in [-0.1, -0.05) is 26.0 Å². The van der Waals surface area contributed by atoms with Gasteiger partial charge in [-0.25, -0.2) is 9.59 Å². The summed E-state index contributed by atoms with van der Waals surface area (Å²) in [4.78, 5) is 23.1. The fraction of sp³-hybridized carbons (Fsp3) is 0.467. The van der Waals surface area contributed by atoms with E-state index in [4.69, 9.17) is 0 Å². The topological polar surface area (TPSA) is 78.4 Å². The van der Waals surface area contributed by atoms with Crippen molar-refractivity contribution in [2.75, 3.05) is 5.32 Å². The summed E-state index contributed by atoms with van der Waals surface area (Å²) in [5.74, 6) is -0.563. The van der Waals surface area contributed by atoms with Crippen molar-refractivity contribution in [2.24, 2.45) is 5.92 Å². The van der Waals surface area contributed by atoms with Gasteiger partial charge in [0.25, 0.3) is 0 Å². The Balaban J connectivity index is 2.76. The Morgan fingerprint density at radius 2 is 1.90 bits per heavy atom. The predicted molar refractivity (Wildman–Crippen MR) is 79.2 cm³/mol. The number of benzene rings is 1. The molecule has 3 N–H and O–H groups in total. The molecule has 2 amide bonds. The zero-order chi connectivity index (χ0) is 15.3. The molecule has 1 atom stereocenters. The van der Waals surface area contributed by atoms with E-state index < -0.39 is 5.97 Å². The van der Waals surface area contributed by atoms with Crippen LogP contribution < -0.4 is 10.6 Å². The van der Waals surface area contributed by atoms with Crippen molar-refractivity contribution in [2.45, 2.75) is 40.2 Å². The van der Waals surface area contributed by atoms with Gasteiger partial charge < -0.3 is 15.7 Å². The van der Waals surface area contributed by atoms with E-state index in [9.17, 15) is 14.7 Å². The van der Waals surface area contributed by atoms with E-state index in [0.717, 1.165) is 6.42 Å². The van der Waals surface area contributed by atoms with Gasteiger partial charge in [0.15, 0.2) is 0 Å². The van der Waals surface area contributed by atoms with Crippen LogP contribution in [0.3, 0.4) is 0 Å². The van der Waals surface area contributed by atoms with Gasteiger partial charge in [0.1, 0.15) is 0 Å². The zero-order valence-corrected chi connectivity index (χ0v) is 12.4.